The van der Waals surface area contributed by atoms with E-state index in [9.17, 15) is 13.2 Å². The van der Waals surface area contributed by atoms with Gasteiger partial charge in [-0.15, -0.1) is 0 Å². The zero-order valence-corrected chi connectivity index (χ0v) is 12.0. The fourth-order valence-corrected chi connectivity index (χ4v) is 2.58. The van der Waals surface area contributed by atoms with Crippen LogP contribution in [0.15, 0.2) is 6.07 Å². The molecule has 0 radical (unpaired) electrons. The van der Waals surface area contributed by atoms with E-state index in [0.29, 0.717) is 36.3 Å². The zero-order valence-electron chi connectivity index (χ0n) is 11.3. The highest BCUT2D eigenvalue weighted by Crippen LogP contribution is 2.35. The third-order valence-corrected chi connectivity index (χ3v) is 3.68. The molecule has 0 aromatic carbocycles. The van der Waals surface area contributed by atoms with Crippen LogP contribution in [0.1, 0.15) is 32.0 Å². The minimum atomic E-state index is -4.09. The highest BCUT2D eigenvalue weighted by Gasteiger charge is 2.41. The highest BCUT2D eigenvalue weighted by molar-refractivity contribution is 6.29. The molecule has 7 heteroatoms. The predicted octanol–water partition coefficient (Wildman–Crippen LogP) is 3.86. The Morgan fingerprint density at radius 1 is 1.30 bits per heavy atom. The van der Waals surface area contributed by atoms with Crippen molar-refractivity contribution >= 4 is 17.4 Å². The van der Waals surface area contributed by atoms with Crippen molar-refractivity contribution in [1.82, 2.24) is 9.97 Å². The number of alkyl halides is 3. The standard InChI is InChI=1S/C13H17ClF3N3/c1-2-3-11-18-10(14)8-12(19-11)20-6-4-9(5-7-20)13(15,16)17/h8-9H,2-7H2,1H3. The van der Waals surface area contributed by atoms with Gasteiger partial charge < -0.3 is 4.90 Å². The van der Waals surface area contributed by atoms with Crippen LogP contribution in [0.5, 0.6) is 0 Å². The van der Waals surface area contributed by atoms with Gasteiger partial charge in [0.15, 0.2) is 0 Å². The van der Waals surface area contributed by atoms with Crippen molar-refractivity contribution in [1.29, 1.82) is 0 Å². The Morgan fingerprint density at radius 3 is 2.50 bits per heavy atom. The molecule has 1 saturated heterocycles. The van der Waals surface area contributed by atoms with E-state index >= 15 is 0 Å². The summed E-state index contributed by atoms with van der Waals surface area (Å²) in [5, 5.41) is 0.344. The quantitative estimate of drug-likeness (QED) is 0.794. The van der Waals surface area contributed by atoms with Gasteiger partial charge in [0.1, 0.15) is 16.8 Å². The van der Waals surface area contributed by atoms with E-state index in [-0.39, 0.29) is 12.8 Å². The first kappa shape index (κ1) is 15.4. The topological polar surface area (TPSA) is 29.0 Å². The molecule has 0 atom stereocenters. The number of hydrogen-bond acceptors (Lipinski definition) is 3. The first-order chi connectivity index (χ1) is 9.40. The highest BCUT2D eigenvalue weighted by atomic mass is 35.5. The molecule has 0 amide bonds. The lowest BCUT2D eigenvalue weighted by Gasteiger charge is -2.33. The van der Waals surface area contributed by atoms with Crippen LogP contribution < -0.4 is 4.90 Å². The molecule has 2 heterocycles. The number of aromatic nitrogens is 2. The maximum atomic E-state index is 12.6. The van der Waals surface area contributed by atoms with Crippen molar-refractivity contribution in [3.8, 4) is 0 Å². The van der Waals surface area contributed by atoms with E-state index in [1.807, 2.05) is 11.8 Å². The van der Waals surface area contributed by atoms with Crippen molar-refractivity contribution in [3.63, 3.8) is 0 Å². The largest absolute Gasteiger partial charge is 0.391 e. The van der Waals surface area contributed by atoms with Gasteiger partial charge in [-0.05, 0) is 19.3 Å². The lowest BCUT2D eigenvalue weighted by atomic mass is 9.96. The van der Waals surface area contributed by atoms with Crippen molar-refractivity contribution in [3.05, 3.63) is 17.0 Å². The molecular weight excluding hydrogens is 291 g/mol. The maximum absolute atomic E-state index is 12.6. The van der Waals surface area contributed by atoms with Gasteiger partial charge in [-0.2, -0.15) is 13.2 Å². The smallest absolute Gasteiger partial charge is 0.356 e. The molecular formula is C13H17ClF3N3. The molecule has 0 aliphatic carbocycles. The Kier molecular flexibility index (Phi) is 4.73. The van der Waals surface area contributed by atoms with Crippen LogP contribution in [-0.4, -0.2) is 29.2 Å². The number of halogens is 4. The van der Waals surface area contributed by atoms with Gasteiger partial charge >= 0.3 is 6.18 Å². The Balaban J connectivity index is 2.07. The van der Waals surface area contributed by atoms with Gasteiger partial charge in [0.25, 0.3) is 0 Å². The van der Waals surface area contributed by atoms with Crippen LogP contribution in [0.2, 0.25) is 5.15 Å². The van der Waals surface area contributed by atoms with Crippen LogP contribution in [0.25, 0.3) is 0 Å². The molecule has 1 aliphatic rings. The van der Waals surface area contributed by atoms with Crippen LogP contribution in [0.3, 0.4) is 0 Å². The van der Waals surface area contributed by atoms with Crippen molar-refractivity contribution in [2.24, 2.45) is 5.92 Å². The molecule has 1 aromatic heterocycles. The average Bonchev–Trinajstić information content (AvgIpc) is 2.37. The van der Waals surface area contributed by atoms with Gasteiger partial charge in [-0.25, -0.2) is 9.97 Å². The van der Waals surface area contributed by atoms with Crippen molar-refractivity contribution in [2.75, 3.05) is 18.0 Å². The summed E-state index contributed by atoms with van der Waals surface area (Å²) >= 11 is 5.95. The Bertz CT molecular complexity index is 457. The maximum Gasteiger partial charge on any atom is 0.391 e. The van der Waals surface area contributed by atoms with E-state index in [1.165, 1.54) is 0 Å². The lowest BCUT2D eigenvalue weighted by molar-refractivity contribution is -0.179. The fourth-order valence-electron chi connectivity index (χ4n) is 2.38. The first-order valence-corrected chi connectivity index (χ1v) is 7.13. The summed E-state index contributed by atoms with van der Waals surface area (Å²) in [6.45, 7) is 2.71. The number of nitrogens with zero attached hydrogens (tertiary/aromatic N) is 3. The van der Waals surface area contributed by atoms with Gasteiger partial charge in [-0.3, -0.25) is 0 Å². The summed E-state index contributed by atoms with van der Waals surface area (Å²) in [4.78, 5) is 10.4. The Morgan fingerprint density at radius 2 is 1.95 bits per heavy atom. The number of piperidine rings is 1. The van der Waals surface area contributed by atoms with Crippen LogP contribution in [0.4, 0.5) is 19.0 Å². The van der Waals surface area contributed by atoms with Crippen molar-refractivity contribution in [2.45, 2.75) is 38.8 Å². The molecule has 112 valence electrons. The van der Waals surface area contributed by atoms with Crippen LogP contribution >= 0.6 is 11.6 Å². The molecule has 0 spiro atoms. The Labute approximate surface area is 121 Å². The second-order valence-electron chi connectivity index (χ2n) is 5.02. The van der Waals surface area contributed by atoms with Gasteiger partial charge in [-0.1, -0.05) is 18.5 Å². The normalized spacial score (nSPS) is 17.6. The summed E-state index contributed by atoms with van der Waals surface area (Å²) in [5.74, 6) is 0.0770. The fraction of sp³-hybridized carbons (Fsp3) is 0.692. The summed E-state index contributed by atoms with van der Waals surface area (Å²) < 4.78 is 37.9. The summed E-state index contributed by atoms with van der Waals surface area (Å²) in [7, 11) is 0. The molecule has 0 N–H and O–H groups in total. The molecule has 1 aromatic rings. The minimum absolute atomic E-state index is 0.105. The summed E-state index contributed by atoms with van der Waals surface area (Å²) in [6, 6.07) is 1.62. The molecule has 0 bridgehead atoms. The van der Waals surface area contributed by atoms with E-state index in [4.69, 9.17) is 11.6 Å². The van der Waals surface area contributed by atoms with Crippen molar-refractivity contribution < 1.29 is 13.2 Å². The number of aryl methyl sites for hydroxylation is 1. The molecule has 3 nitrogen and oxygen atoms in total. The van der Waals surface area contributed by atoms with E-state index in [1.54, 1.807) is 6.07 Å². The molecule has 1 aliphatic heterocycles. The average molecular weight is 308 g/mol. The van der Waals surface area contributed by atoms with Crippen LogP contribution in [0, 0.1) is 5.92 Å². The molecule has 2 rings (SSSR count). The van der Waals surface area contributed by atoms with Gasteiger partial charge in [0, 0.05) is 25.6 Å². The summed E-state index contributed by atoms with van der Waals surface area (Å²) in [6.07, 6.45) is -2.27. The minimum Gasteiger partial charge on any atom is -0.356 e. The second-order valence-corrected chi connectivity index (χ2v) is 5.41. The number of anilines is 1. The second kappa shape index (κ2) is 6.16. The third-order valence-electron chi connectivity index (χ3n) is 3.48. The van der Waals surface area contributed by atoms with Gasteiger partial charge in [0.05, 0.1) is 5.92 Å². The SMILES string of the molecule is CCCc1nc(Cl)cc(N2CCC(C(F)(F)F)CC2)n1. The predicted molar refractivity (Wildman–Crippen MR) is 72.0 cm³/mol. The van der Waals surface area contributed by atoms with E-state index < -0.39 is 12.1 Å². The molecule has 20 heavy (non-hydrogen) atoms. The lowest BCUT2D eigenvalue weighted by Crippen LogP contribution is -2.39. The first-order valence-electron chi connectivity index (χ1n) is 6.75. The molecule has 0 saturated carbocycles. The van der Waals surface area contributed by atoms with E-state index in [2.05, 4.69) is 9.97 Å². The summed E-state index contributed by atoms with van der Waals surface area (Å²) in [5.41, 5.74) is 0. The monoisotopic (exact) mass is 307 g/mol. The number of rotatable bonds is 3. The number of hydrogen-bond donors (Lipinski definition) is 0. The van der Waals surface area contributed by atoms with E-state index in [0.717, 1.165) is 6.42 Å². The molecule has 1 fully saturated rings. The van der Waals surface area contributed by atoms with Gasteiger partial charge in [0.2, 0.25) is 0 Å². The Hall–Kier alpha value is -1.04. The zero-order chi connectivity index (χ0) is 14.8. The third kappa shape index (κ3) is 3.75. The molecule has 0 unspecified atom stereocenters. The van der Waals surface area contributed by atoms with Crippen LogP contribution in [-0.2, 0) is 6.42 Å².